The third-order valence-electron chi connectivity index (χ3n) is 4.55. The summed E-state index contributed by atoms with van der Waals surface area (Å²) < 4.78 is 2.77. The lowest BCUT2D eigenvalue weighted by Gasteiger charge is -2.17. The van der Waals surface area contributed by atoms with E-state index in [1.54, 1.807) is 29.3 Å². The summed E-state index contributed by atoms with van der Waals surface area (Å²) in [5, 5.41) is 10.5. The van der Waals surface area contributed by atoms with Crippen LogP contribution >= 0.6 is 11.3 Å². The van der Waals surface area contributed by atoms with Crippen LogP contribution in [-0.4, -0.2) is 21.9 Å². The summed E-state index contributed by atoms with van der Waals surface area (Å²) in [6.45, 7) is 0. The number of nitrogens with zero attached hydrogens (tertiary/aromatic N) is 2. The number of carbonyl (C=O) groups is 1. The second-order valence-electron chi connectivity index (χ2n) is 6.55. The first-order valence-electron chi connectivity index (χ1n) is 9.03. The first-order valence-corrected chi connectivity index (χ1v) is 9.91. The maximum atomic E-state index is 13.1. The Balaban J connectivity index is 1.62. The van der Waals surface area contributed by atoms with Gasteiger partial charge in [0.2, 0.25) is 0 Å². The largest absolute Gasteiger partial charge is 0.324 e. The Kier molecular flexibility index (Phi) is 5.68. The third-order valence-corrected chi connectivity index (χ3v) is 5.43. The standard InChI is InChI=1S/C21H20N4O3S/c1-25-13-17(20(24-25)16-8-5-9-18-15(16)10-11-29-18)21(26)23-19(27-28-22)12-14-6-3-2-4-7-14/h2-11,13,19H,12,22H2,1H3,(H,23,26). The average molecular weight is 408 g/mol. The number of aryl methyl sites for hydroxylation is 1. The number of hydrogen-bond donors (Lipinski definition) is 2. The lowest BCUT2D eigenvalue weighted by Crippen LogP contribution is -2.39. The van der Waals surface area contributed by atoms with E-state index in [1.165, 1.54) is 0 Å². The first kappa shape index (κ1) is 19.3. The maximum absolute atomic E-state index is 13.1. The van der Waals surface area contributed by atoms with Gasteiger partial charge in [0.25, 0.3) is 5.91 Å². The highest BCUT2D eigenvalue weighted by Gasteiger charge is 2.22. The molecular weight excluding hydrogens is 388 g/mol. The molecule has 3 N–H and O–H groups in total. The van der Waals surface area contributed by atoms with E-state index in [2.05, 4.69) is 21.5 Å². The van der Waals surface area contributed by atoms with Gasteiger partial charge in [0, 0.05) is 35.3 Å². The predicted octanol–water partition coefficient (Wildman–Crippen LogP) is 3.42. The van der Waals surface area contributed by atoms with E-state index in [4.69, 9.17) is 10.8 Å². The number of amides is 1. The van der Waals surface area contributed by atoms with Gasteiger partial charge in [-0.15, -0.1) is 16.3 Å². The Morgan fingerprint density at radius 3 is 2.83 bits per heavy atom. The highest BCUT2D eigenvalue weighted by molar-refractivity contribution is 7.17. The zero-order valence-corrected chi connectivity index (χ0v) is 16.6. The van der Waals surface area contributed by atoms with Crippen molar-refractivity contribution in [3.05, 3.63) is 77.3 Å². The molecule has 0 fully saturated rings. The topological polar surface area (TPSA) is 91.4 Å². The van der Waals surface area contributed by atoms with Gasteiger partial charge in [-0.1, -0.05) is 42.5 Å². The minimum absolute atomic E-state index is 0.321. The Hall–Kier alpha value is -3.04. The lowest BCUT2D eigenvalue weighted by molar-refractivity contribution is -0.332. The van der Waals surface area contributed by atoms with E-state index in [9.17, 15) is 4.79 Å². The summed E-state index contributed by atoms with van der Waals surface area (Å²) in [4.78, 5) is 22.5. The molecule has 4 rings (SSSR count). The van der Waals surface area contributed by atoms with Gasteiger partial charge < -0.3 is 5.32 Å². The van der Waals surface area contributed by atoms with Gasteiger partial charge in [-0.2, -0.15) is 15.9 Å². The second-order valence-corrected chi connectivity index (χ2v) is 7.50. The van der Waals surface area contributed by atoms with Crippen molar-refractivity contribution in [3.63, 3.8) is 0 Å². The van der Waals surface area contributed by atoms with Crippen LogP contribution in [0.3, 0.4) is 0 Å². The molecule has 0 bridgehead atoms. The average Bonchev–Trinajstić information content (AvgIpc) is 3.35. The molecule has 2 aromatic carbocycles. The summed E-state index contributed by atoms with van der Waals surface area (Å²) in [6.07, 6.45) is 1.35. The van der Waals surface area contributed by atoms with E-state index in [-0.39, 0.29) is 5.91 Å². The molecule has 2 aromatic heterocycles. The van der Waals surface area contributed by atoms with E-state index >= 15 is 0 Å². The molecule has 7 nitrogen and oxygen atoms in total. The van der Waals surface area contributed by atoms with Crippen LogP contribution in [-0.2, 0) is 23.3 Å². The Bertz CT molecular complexity index is 1120. The number of nitrogens with one attached hydrogen (secondary N) is 1. The quantitative estimate of drug-likeness (QED) is 0.278. The zero-order chi connectivity index (χ0) is 20.2. The highest BCUT2D eigenvalue weighted by atomic mass is 32.1. The van der Waals surface area contributed by atoms with Crippen LogP contribution in [0.15, 0.2) is 66.2 Å². The number of thiophene rings is 1. The van der Waals surface area contributed by atoms with Gasteiger partial charge in [-0.3, -0.25) is 9.48 Å². The molecule has 0 saturated heterocycles. The van der Waals surface area contributed by atoms with Crippen molar-refractivity contribution in [1.29, 1.82) is 0 Å². The molecular formula is C21H20N4O3S. The molecule has 8 heteroatoms. The molecule has 148 valence electrons. The minimum Gasteiger partial charge on any atom is -0.324 e. The lowest BCUT2D eigenvalue weighted by atomic mass is 10.0. The molecule has 0 aliphatic heterocycles. The monoisotopic (exact) mass is 408 g/mol. The van der Waals surface area contributed by atoms with Crippen LogP contribution in [0.1, 0.15) is 15.9 Å². The number of nitrogens with two attached hydrogens (primary N) is 1. The SMILES string of the molecule is Cn1cc(C(=O)NC(Cc2ccccc2)OON)c(-c2cccc3sccc23)n1. The van der Waals surface area contributed by atoms with E-state index in [0.717, 1.165) is 21.2 Å². The van der Waals surface area contributed by atoms with Gasteiger partial charge in [0.1, 0.15) is 5.69 Å². The van der Waals surface area contributed by atoms with E-state index < -0.39 is 6.23 Å². The summed E-state index contributed by atoms with van der Waals surface area (Å²) in [7, 11) is 1.79. The summed E-state index contributed by atoms with van der Waals surface area (Å²) in [5.74, 6) is 4.76. The number of carbonyl (C=O) groups excluding carboxylic acids is 1. The van der Waals surface area contributed by atoms with Crippen LogP contribution in [0, 0.1) is 0 Å². The fraction of sp³-hybridized carbons (Fsp3) is 0.143. The maximum Gasteiger partial charge on any atom is 0.257 e. The molecule has 29 heavy (non-hydrogen) atoms. The van der Waals surface area contributed by atoms with Crippen molar-refractivity contribution in [1.82, 2.24) is 15.1 Å². The summed E-state index contributed by atoms with van der Waals surface area (Å²) in [6, 6.07) is 17.6. The fourth-order valence-electron chi connectivity index (χ4n) is 3.28. The highest BCUT2D eigenvalue weighted by Crippen LogP contribution is 2.32. The van der Waals surface area contributed by atoms with Gasteiger partial charge in [0.05, 0.1) is 5.56 Å². The van der Waals surface area contributed by atoms with E-state index in [1.807, 2.05) is 53.9 Å². The normalized spacial score (nSPS) is 12.2. The number of benzene rings is 2. The molecule has 0 saturated carbocycles. The van der Waals surface area contributed by atoms with Gasteiger partial charge in [0.15, 0.2) is 6.23 Å². The van der Waals surface area contributed by atoms with Crippen molar-refractivity contribution in [2.24, 2.45) is 12.9 Å². The number of hydrogen-bond acceptors (Lipinski definition) is 6. The molecule has 2 heterocycles. The molecule has 0 radical (unpaired) electrons. The van der Waals surface area contributed by atoms with Gasteiger partial charge in [-0.05, 0) is 23.1 Å². The second kappa shape index (κ2) is 8.54. The predicted molar refractivity (Wildman–Crippen MR) is 112 cm³/mol. The van der Waals surface area contributed by atoms with E-state index in [0.29, 0.717) is 17.7 Å². The smallest absolute Gasteiger partial charge is 0.257 e. The van der Waals surface area contributed by atoms with Crippen LogP contribution in [0.5, 0.6) is 0 Å². The number of rotatable bonds is 7. The Morgan fingerprint density at radius 2 is 2.03 bits per heavy atom. The number of aromatic nitrogens is 2. The first-order chi connectivity index (χ1) is 14.2. The molecule has 0 aliphatic carbocycles. The molecule has 4 aromatic rings. The zero-order valence-electron chi connectivity index (χ0n) is 15.7. The third kappa shape index (κ3) is 4.20. The fourth-order valence-corrected chi connectivity index (χ4v) is 4.10. The minimum atomic E-state index is -0.750. The van der Waals surface area contributed by atoms with Crippen molar-refractivity contribution >= 4 is 27.3 Å². The van der Waals surface area contributed by atoms with Crippen LogP contribution in [0.2, 0.25) is 0 Å². The Labute approximate surface area is 171 Å². The molecule has 0 spiro atoms. The molecule has 1 amide bonds. The van der Waals surface area contributed by atoms with Crippen LogP contribution in [0.25, 0.3) is 21.3 Å². The molecule has 1 atom stereocenters. The van der Waals surface area contributed by atoms with Crippen molar-refractivity contribution in [2.45, 2.75) is 12.6 Å². The number of fused-ring (bicyclic) bond motifs is 1. The van der Waals surface area contributed by atoms with Gasteiger partial charge >= 0.3 is 0 Å². The van der Waals surface area contributed by atoms with Crippen LogP contribution < -0.4 is 11.2 Å². The van der Waals surface area contributed by atoms with Gasteiger partial charge in [-0.25, -0.2) is 0 Å². The van der Waals surface area contributed by atoms with Crippen LogP contribution in [0.4, 0.5) is 0 Å². The molecule has 1 unspecified atom stereocenters. The van der Waals surface area contributed by atoms with Crippen molar-refractivity contribution in [2.75, 3.05) is 0 Å². The van der Waals surface area contributed by atoms with Crippen molar-refractivity contribution < 1.29 is 14.7 Å². The molecule has 0 aliphatic rings. The summed E-state index contributed by atoms with van der Waals surface area (Å²) >= 11 is 1.65. The summed E-state index contributed by atoms with van der Waals surface area (Å²) in [5.41, 5.74) is 2.94. The van der Waals surface area contributed by atoms with Crippen molar-refractivity contribution in [3.8, 4) is 11.3 Å². The Morgan fingerprint density at radius 1 is 1.21 bits per heavy atom.